The van der Waals surface area contributed by atoms with Crippen molar-refractivity contribution in [2.24, 2.45) is 0 Å². The molecule has 110 valence electrons. The van der Waals surface area contributed by atoms with Gasteiger partial charge in [0.2, 0.25) is 0 Å². The molecule has 1 aliphatic heterocycles. The summed E-state index contributed by atoms with van der Waals surface area (Å²) in [5, 5.41) is 3.21. The number of hydrogen-bond donors (Lipinski definition) is 1. The number of rotatable bonds is 2. The third-order valence-electron chi connectivity index (χ3n) is 3.60. The summed E-state index contributed by atoms with van der Waals surface area (Å²) < 4.78 is 37.4. The molecule has 3 nitrogen and oxygen atoms in total. The van der Waals surface area contributed by atoms with Gasteiger partial charge in [0.25, 0.3) is 5.91 Å². The maximum absolute atomic E-state index is 12.5. The second-order valence-electron chi connectivity index (χ2n) is 4.99. The molecule has 2 rings (SSSR count). The Kier molecular flexibility index (Phi) is 4.32. The predicted molar refractivity (Wildman–Crippen MR) is 69.4 cm³/mol. The SMILES string of the molecule is CN(C(=O)c1ccc(C(F)(F)F)cc1)[C@H]1CCCNC1. The van der Waals surface area contributed by atoms with Gasteiger partial charge in [0.1, 0.15) is 0 Å². The summed E-state index contributed by atoms with van der Waals surface area (Å²) in [7, 11) is 1.69. The van der Waals surface area contributed by atoms with Crippen molar-refractivity contribution in [3.63, 3.8) is 0 Å². The van der Waals surface area contributed by atoms with Crippen LogP contribution < -0.4 is 5.32 Å². The Hall–Kier alpha value is -1.56. The topological polar surface area (TPSA) is 32.3 Å². The number of carbonyl (C=O) groups is 1. The van der Waals surface area contributed by atoms with Crippen molar-refractivity contribution < 1.29 is 18.0 Å². The van der Waals surface area contributed by atoms with Gasteiger partial charge in [0.05, 0.1) is 5.56 Å². The molecule has 1 fully saturated rings. The number of carbonyl (C=O) groups excluding carboxylic acids is 1. The minimum atomic E-state index is -4.37. The fourth-order valence-corrected chi connectivity index (χ4v) is 2.34. The maximum atomic E-state index is 12.5. The van der Waals surface area contributed by atoms with E-state index in [1.165, 1.54) is 12.1 Å². The van der Waals surface area contributed by atoms with E-state index >= 15 is 0 Å². The normalized spacial score (nSPS) is 19.7. The molecular formula is C14H17F3N2O. The van der Waals surface area contributed by atoms with E-state index in [-0.39, 0.29) is 17.5 Å². The maximum Gasteiger partial charge on any atom is 0.416 e. The number of piperidine rings is 1. The van der Waals surface area contributed by atoms with Gasteiger partial charge in [0.15, 0.2) is 0 Å². The Morgan fingerprint density at radius 3 is 2.45 bits per heavy atom. The number of benzene rings is 1. The van der Waals surface area contributed by atoms with Gasteiger partial charge in [-0.3, -0.25) is 4.79 Å². The van der Waals surface area contributed by atoms with Crippen LogP contribution in [-0.2, 0) is 6.18 Å². The number of likely N-dealkylation sites (N-methyl/N-ethyl adjacent to an activating group) is 1. The van der Waals surface area contributed by atoms with Gasteiger partial charge in [-0.2, -0.15) is 13.2 Å². The van der Waals surface area contributed by atoms with Gasteiger partial charge in [-0.05, 0) is 43.7 Å². The zero-order valence-corrected chi connectivity index (χ0v) is 11.2. The number of nitrogens with zero attached hydrogens (tertiary/aromatic N) is 1. The van der Waals surface area contributed by atoms with E-state index in [0.29, 0.717) is 0 Å². The molecular weight excluding hydrogens is 269 g/mol. The summed E-state index contributed by atoms with van der Waals surface area (Å²) >= 11 is 0. The van der Waals surface area contributed by atoms with Crippen molar-refractivity contribution in [3.8, 4) is 0 Å². The van der Waals surface area contributed by atoms with Crippen LogP contribution in [0.1, 0.15) is 28.8 Å². The first-order valence-corrected chi connectivity index (χ1v) is 6.55. The second kappa shape index (κ2) is 5.83. The fourth-order valence-electron chi connectivity index (χ4n) is 2.34. The highest BCUT2D eigenvalue weighted by Crippen LogP contribution is 2.29. The number of alkyl halides is 3. The fraction of sp³-hybridized carbons (Fsp3) is 0.500. The van der Waals surface area contributed by atoms with Crippen molar-refractivity contribution in [2.45, 2.75) is 25.1 Å². The molecule has 0 unspecified atom stereocenters. The number of halogens is 3. The molecule has 0 radical (unpaired) electrons. The highest BCUT2D eigenvalue weighted by atomic mass is 19.4. The largest absolute Gasteiger partial charge is 0.416 e. The monoisotopic (exact) mass is 286 g/mol. The lowest BCUT2D eigenvalue weighted by atomic mass is 10.0. The molecule has 0 bridgehead atoms. The van der Waals surface area contributed by atoms with Crippen LogP contribution in [0.25, 0.3) is 0 Å². The zero-order valence-electron chi connectivity index (χ0n) is 11.2. The van der Waals surface area contributed by atoms with E-state index in [9.17, 15) is 18.0 Å². The number of amides is 1. The minimum Gasteiger partial charge on any atom is -0.337 e. The molecule has 1 atom stereocenters. The molecule has 1 aromatic carbocycles. The van der Waals surface area contributed by atoms with Crippen LogP contribution in [-0.4, -0.2) is 37.0 Å². The van der Waals surface area contributed by atoms with E-state index < -0.39 is 11.7 Å². The third kappa shape index (κ3) is 3.30. The molecule has 6 heteroatoms. The van der Waals surface area contributed by atoms with Crippen molar-refractivity contribution in [3.05, 3.63) is 35.4 Å². The molecule has 0 saturated carbocycles. The first-order chi connectivity index (χ1) is 9.39. The van der Waals surface area contributed by atoms with Gasteiger partial charge in [0, 0.05) is 25.2 Å². The van der Waals surface area contributed by atoms with Crippen LogP contribution in [0, 0.1) is 0 Å². The summed E-state index contributed by atoms with van der Waals surface area (Å²) in [6.07, 6.45) is -2.47. The van der Waals surface area contributed by atoms with Crippen molar-refractivity contribution in [1.82, 2.24) is 10.2 Å². The molecule has 0 spiro atoms. The molecule has 1 aromatic rings. The lowest BCUT2D eigenvalue weighted by Crippen LogP contribution is -2.46. The highest BCUT2D eigenvalue weighted by molar-refractivity contribution is 5.94. The van der Waals surface area contributed by atoms with Crippen LogP contribution in [0.3, 0.4) is 0 Å². The van der Waals surface area contributed by atoms with Gasteiger partial charge < -0.3 is 10.2 Å². The third-order valence-corrected chi connectivity index (χ3v) is 3.60. The molecule has 1 aliphatic rings. The molecule has 0 aromatic heterocycles. The van der Waals surface area contributed by atoms with Crippen LogP contribution in [0.15, 0.2) is 24.3 Å². The van der Waals surface area contributed by atoms with E-state index in [1.54, 1.807) is 11.9 Å². The predicted octanol–water partition coefficient (Wildman–Crippen LogP) is 2.53. The smallest absolute Gasteiger partial charge is 0.337 e. The van der Waals surface area contributed by atoms with Crippen molar-refractivity contribution in [1.29, 1.82) is 0 Å². The average molecular weight is 286 g/mol. The van der Waals surface area contributed by atoms with Crippen molar-refractivity contribution >= 4 is 5.91 Å². The molecule has 1 heterocycles. The molecule has 0 aliphatic carbocycles. The summed E-state index contributed by atoms with van der Waals surface area (Å²) in [5.41, 5.74) is -0.456. The quantitative estimate of drug-likeness (QED) is 0.906. The zero-order chi connectivity index (χ0) is 14.8. The summed E-state index contributed by atoms with van der Waals surface area (Å²) in [4.78, 5) is 13.8. The van der Waals surface area contributed by atoms with E-state index in [1.807, 2.05) is 0 Å². The van der Waals surface area contributed by atoms with E-state index in [4.69, 9.17) is 0 Å². The van der Waals surface area contributed by atoms with Crippen LogP contribution in [0.5, 0.6) is 0 Å². The van der Waals surface area contributed by atoms with Crippen LogP contribution in [0.4, 0.5) is 13.2 Å². The van der Waals surface area contributed by atoms with Gasteiger partial charge >= 0.3 is 6.18 Å². The van der Waals surface area contributed by atoms with E-state index in [0.717, 1.165) is 38.1 Å². The van der Waals surface area contributed by atoms with Gasteiger partial charge in [-0.25, -0.2) is 0 Å². The summed E-state index contributed by atoms with van der Waals surface area (Å²) in [6, 6.07) is 4.45. The van der Waals surface area contributed by atoms with Crippen molar-refractivity contribution in [2.75, 3.05) is 20.1 Å². The Bertz CT molecular complexity index is 464. The second-order valence-corrected chi connectivity index (χ2v) is 4.99. The Morgan fingerprint density at radius 1 is 1.30 bits per heavy atom. The minimum absolute atomic E-state index is 0.0959. The Labute approximate surface area is 115 Å². The average Bonchev–Trinajstić information content (AvgIpc) is 2.46. The van der Waals surface area contributed by atoms with Gasteiger partial charge in [-0.1, -0.05) is 0 Å². The summed E-state index contributed by atoms with van der Waals surface area (Å²) in [5.74, 6) is -0.243. The molecule has 20 heavy (non-hydrogen) atoms. The first-order valence-electron chi connectivity index (χ1n) is 6.55. The highest BCUT2D eigenvalue weighted by Gasteiger charge is 2.30. The summed E-state index contributed by atoms with van der Waals surface area (Å²) in [6.45, 7) is 1.67. The van der Waals surface area contributed by atoms with E-state index in [2.05, 4.69) is 5.32 Å². The Morgan fingerprint density at radius 2 is 1.95 bits per heavy atom. The number of nitrogens with one attached hydrogen (secondary N) is 1. The molecule has 1 N–H and O–H groups in total. The lowest BCUT2D eigenvalue weighted by Gasteiger charge is -2.31. The van der Waals surface area contributed by atoms with Gasteiger partial charge in [-0.15, -0.1) is 0 Å². The van der Waals surface area contributed by atoms with Crippen LogP contribution in [0.2, 0.25) is 0 Å². The standard InChI is InChI=1S/C14H17F3N2O/c1-19(12-3-2-8-18-9-12)13(20)10-4-6-11(7-5-10)14(15,16)17/h4-7,12,18H,2-3,8-9H2,1H3/t12-/m0/s1. The molecule has 1 saturated heterocycles. The first kappa shape index (κ1) is 14.8. The number of hydrogen-bond acceptors (Lipinski definition) is 2. The lowest BCUT2D eigenvalue weighted by molar-refractivity contribution is -0.137. The Balaban J connectivity index is 2.08. The molecule has 1 amide bonds. The van der Waals surface area contributed by atoms with Crippen LogP contribution >= 0.6 is 0 Å².